The van der Waals surface area contributed by atoms with Crippen LogP contribution in [0.3, 0.4) is 0 Å². The second-order valence-corrected chi connectivity index (χ2v) is 5.77. The topological polar surface area (TPSA) is 95.4 Å². The molecule has 0 aliphatic rings. The zero-order valence-corrected chi connectivity index (χ0v) is 12.9. The Bertz CT molecular complexity index is 494. The Hall–Kier alpha value is -2.18. The lowest BCUT2D eigenvalue weighted by Gasteiger charge is -2.35. The van der Waals surface area contributed by atoms with Crippen molar-refractivity contribution < 1.29 is 14.7 Å². The molecule has 0 aromatic carbocycles. The van der Waals surface area contributed by atoms with Crippen molar-refractivity contribution in [3.63, 3.8) is 0 Å². The first kappa shape index (κ1) is 16.9. The lowest BCUT2D eigenvalue weighted by Crippen LogP contribution is -2.51. The van der Waals surface area contributed by atoms with Gasteiger partial charge < -0.3 is 15.3 Å². The highest BCUT2D eigenvalue weighted by Crippen LogP contribution is 2.14. The van der Waals surface area contributed by atoms with Gasteiger partial charge >= 0.3 is 12.0 Å². The molecule has 0 spiro atoms. The van der Waals surface area contributed by atoms with Crippen LogP contribution in [0.15, 0.2) is 12.4 Å². The maximum atomic E-state index is 12.2. The minimum atomic E-state index is -0.929. The summed E-state index contributed by atoms with van der Waals surface area (Å²) in [6.07, 6.45) is 3.15. The monoisotopic (exact) mass is 294 g/mol. The second kappa shape index (κ2) is 7.01. The highest BCUT2D eigenvalue weighted by molar-refractivity contribution is 5.76. The number of carbonyl (C=O) groups excluding carboxylic acids is 1. The number of hydrogen-bond acceptors (Lipinski definition) is 4. The zero-order chi connectivity index (χ0) is 16.0. The molecule has 1 rings (SSSR count). The van der Waals surface area contributed by atoms with Gasteiger partial charge in [-0.1, -0.05) is 0 Å². The first-order valence-corrected chi connectivity index (χ1v) is 6.75. The summed E-state index contributed by atoms with van der Waals surface area (Å²) in [7, 11) is 0. The van der Waals surface area contributed by atoms with E-state index in [9.17, 15) is 9.59 Å². The van der Waals surface area contributed by atoms with Gasteiger partial charge in [0.25, 0.3) is 0 Å². The summed E-state index contributed by atoms with van der Waals surface area (Å²) in [6.45, 7) is 7.83. The van der Waals surface area contributed by atoms with Gasteiger partial charge in [-0.15, -0.1) is 0 Å². The predicted molar refractivity (Wildman–Crippen MR) is 77.7 cm³/mol. The number of rotatable bonds is 5. The van der Waals surface area contributed by atoms with Crippen LogP contribution in [0.2, 0.25) is 0 Å². The lowest BCUT2D eigenvalue weighted by atomic mass is 10.1. The Morgan fingerprint density at radius 3 is 2.43 bits per heavy atom. The Morgan fingerprint density at radius 2 is 1.95 bits per heavy atom. The van der Waals surface area contributed by atoms with Crippen molar-refractivity contribution in [2.75, 3.05) is 6.54 Å². The number of amides is 2. The number of aliphatic carboxylic acids is 1. The number of hydrogen-bond donors (Lipinski definition) is 2. The lowest BCUT2D eigenvalue weighted by molar-refractivity contribution is -0.137. The van der Waals surface area contributed by atoms with Crippen molar-refractivity contribution in [3.8, 4) is 0 Å². The molecule has 1 heterocycles. The van der Waals surface area contributed by atoms with E-state index in [0.717, 1.165) is 5.69 Å². The summed E-state index contributed by atoms with van der Waals surface area (Å²) < 4.78 is 0. The predicted octanol–water partition coefficient (Wildman–Crippen LogP) is 1.57. The van der Waals surface area contributed by atoms with Crippen molar-refractivity contribution in [3.05, 3.63) is 23.8 Å². The molecule has 2 amide bonds. The van der Waals surface area contributed by atoms with Crippen molar-refractivity contribution in [1.82, 2.24) is 20.2 Å². The van der Waals surface area contributed by atoms with Crippen LogP contribution >= 0.6 is 0 Å². The van der Waals surface area contributed by atoms with Gasteiger partial charge in [0, 0.05) is 18.3 Å². The summed E-state index contributed by atoms with van der Waals surface area (Å²) in [5, 5.41) is 11.5. The fourth-order valence-electron chi connectivity index (χ4n) is 1.72. The Labute approximate surface area is 124 Å². The summed E-state index contributed by atoms with van der Waals surface area (Å²) in [6, 6.07) is -0.314. The zero-order valence-electron chi connectivity index (χ0n) is 12.9. The number of nitrogens with zero attached hydrogens (tertiary/aromatic N) is 3. The highest BCUT2D eigenvalue weighted by Gasteiger charge is 2.26. The number of carbonyl (C=O) groups is 2. The molecule has 0 aliphatic carbocycles. The maximum absolute atomic E-state index is 12.2. The molecule has 1 aromatic heterocycles. The molecule has 21 heavy (non-hydrogen) atoms. The average Bonchev–Trinajstić information content (AvgIpc) is 2.36. The molecule has 1 aromatic rings. The van der Waals surface area contributed by atoms with Crippen LogP contribution in [0, 0.1) is 6.92 Å². The summed E-state index contributed by atoms with van der Waals surface area (Å²) in [5.74, 6) is -0.929. The van der Waals surface area contributed by atoms with Gasteiger partial charge in [-0.25, -0.2) is 4.79 Å². The molecule has 0 radical (unpaired) electrons. The molecule has 7 nitrogen and oxygen atoms in total. The van der Waals surface area contributed by atoms with Crippen molar-refractivity contribution in [2.24, 2.45) is 0 Å². The number of aryl methyl sites for hydroxylation is 1. The van der Waals surface area contributed by atoms with Gasteiger partial charge in [0.1, 0.15) is 0 Å². The standard InChI is InChI=1S/C14H22N4O3/c1-10-7-16-11(8-15-10)9-17-13(21)18(14(2,3)4)6-5-12(19)20/h7-8H,5-6,9H2,1-4H3,(H,17,21)(H,19,20). The second-order valence-electron chi connectivity index (χ2n) is 5.77. The van der Waals surface area contributed by atoms with E-state index in [2.05, 4.69) is 15.3 Å². The van der Waals surface area contributed by atoms with E-state index in [-0.39, 0.29) is 25.5 Å². The van der Waals surface area contributed by atoms with Crippen LogP contribution in [0.25, 0.3) is 0 Å². The Balaban J connectivity index is 2.63. The fraction of sp³-hybridized carbons (Fsp3) is 0.571. The SMILES string of the molecule is Cc1cnc(CNC(=O)N(CCC(=O)O)C(C)(C)C)cn1. The van der Waals surface area contributed by atoms with Gasteiger partial charge in [-0.2, -0.15) is 0 Å². The summed E-state index contributed by atoms with van der Waals surface area (Å²) >= 11 is 0. The summed E-state index contributed by atoms with van der Waals surface area (Å²) in [4.78, 5) is 32.7. The third-order valence-electron chi connectivity index (χ3n) is 2.86. The van der Waals surface area contributed by atoms with Gasteiger partial charge in [0.05, 0.1) is 30.6 Å². The van der Waals surface area contributed by atoms with Crippen LogP contribution in [0.4, 0.5) is 4.79 Å². The Morgan fingerprint density at radius 1 is 1.29 bits per heavy atom. The quantitative estimate of drug-likeness (QED) is 0.859. The van der Waals surface area contributed by atoms with E-state index in [0.29, 0.717) is 5.69 Å². The molecule has 0 atom stereocenters. The molecule has 0 bridgehead atoms. The first-order valence-electron chi connectivity index (χ1n) is 6.75. The first-order chi connectivity index (χ1) is 9.70. The molecule has 116 valence electrons. The largest absolute Gasteiger partial charge is 0.481 e. The minimum Gasteiger partial charge on any atom is -0.481 e. The van der Waals surface area contributed by atoms with Crippen LogP contribution in [0.1, 0.15) is 38.6 Å². The third-order valence-corrected chi connectivity index (χ3v) is 2.86. The number of carboxylic acid groups (broad SMARTS) is 1. The highest BCUT2D eigenvalue weighted by atomic mass is 16.4. The van der Waals surface area contributed by atoms with Crippen molar-refractivity contribution in [1.29, 1.82) is 0 Å². The fourth-order valence-corrected chi connectivity index (χ4v) is 1.72. The van der Waals surface area contributed by atoms with E-state index in [1.54, 1.807) is 12.4 Å². The van der Waals surface area contributed by atoms with Crippen molar-refractivity contribution >= 4 is 12.0 Å². The van der Waals surface area contributed by atoms with Gasteiger partial charge in [0.2, 0.25) is 0 Å². The smallest absolute Gasteiger partial charge is 0.318 e. The number of carboxylic acids is 1. The van der Waals surface area contributed by atoms with Gasteiger partial charge in [-0.3, -0.25) is 14.8 Å². The molecule has 2 N–H and O–H groups in total. The van der Waals surface area contributed by atoms with Crippen LogP contribution in [0.5, 0.6) is 0 Å². The van der Waals surface area contributed by atoms with Gasteiger partial charge in [-0.05, 0) is 27.7 Å². The molecule has 0 saturated heterocycles. The van der Waals surface area contributed by atoms with E-state index < -0.39 is 11.5 Å². The number of nitrogens with one attached hydrogen (secondary N) is 1. The molecule has 0 aliphatic heterocycles. The average molecular weight is 294 g/mol. The summed E-state index contributed by atoms with van der Waals surface area (Å²) in [5.41, 5.74) is 1.00. The van der Waals surface area contributed by atoms with Crippen LogP contribution in [-0.2, 0) is 11.3 Å². The number of urea groups is 1. The molecular formula is C14H22N4O3. The van der Waals surface area contributed by atoms with Crippen molar-refractivity contribution in [2.45, 2.75) is 46.2 Å². The van der Waals surface area contributed by atoms with E-state index in [4.69, 9.17) is 5.11 Å². The maximum Gasteiger partial charge on any atom is 0.318 e. The molecule has 0 saturated carbocycles. The normalized spacial score (nSPS) is 11.0. The minimum absolute atomic E-state index is 0.0883. The van der Waals surface area contributed by atoms with E-state index in [1.807, 2.05) is 27.7 Å². The molecule has 7 heteroatoms. The Kier molecular flexibility index (Phi) is 5.63. The molecule has 0 fully saturated rings. The van der Waals surface area contributed by atoms with Crippen LogP contribution in [-0.4, -0.2) is 44.1 Å². The van der Waals surface area contributed by atoms with E-state index >= 15 is 0 Å². The number of aromatic nitrogens is 2. The van der Waals surface area contributed by atoms with Gasteiger partial charge in [0.15, 0.2) is 0 Å². The molecule has 0 unspecified atom stereocenters. The van der Waals surface area contributed by atoms with Crippen LogP contribution < -0.4 is 5.32 Å². The third kappa shape index (κ3) is 5.76. The molecular weight excluding hydrogens is 272 g/mol. The van der Waals surface area contributed by atoms with E-state index in [1.165, 1.54) is 4.90 Å².